The van der Waals surface area contributed by atoms with Gasteiger partial charge >= 0.3 is 6.03 Å². The fourth-order valence-electron chi connectivity index (χ4n) is 2.22. The number of halogens is 2. The molecule has 0 aromatic heterocycles. The maximum absolute atomic E-state index is 13.5. The summed E-state index contributed by atoms with van der Waals surface area (Å²) in [4.78, 5) is 29.1. The van der Waals surface area contributed by atoms with Crippen molar-refractivity contribution in [2.24, 2.45) is 0 Å². The summed E-state index contributed by atoms with van der Waals surface area (Å²) in [7, 11) is 3.40. The van der Waals surface area contributed by atoms with Gasteiger partial charge < -0.3 is 14.7 Å². The molecule has 0 unspecified atom stereocenters. The van der Waals surface area contributed by atoms with Crippen molar-refractivity contribution in [2.75, 3.05) is 40.3 Å². The maximum atomic E-state index is 13.5. The Hall–Kier alpha value is -1.63. The van der Waals surface area contributed by atoms with E-state index in [4.69, 9.17) is 0 Å². The molecule has 1 aromatic rings. The van der Waals surface area contributed by atoms with Gasteiger partial charge in [0, 0.05) is 40.3 Å². The van der Waals surface area contributed by atoms with E-state index >= 15 is 0 Å². The van der Waals surface area contributed by atoms with E-state index in [1.54, 1.807) is 30.0 Å². The molecule has 1 saturated heterocycles. The summed E-state index contributed by atoms with van der Waals surface area (Å²) >= 11 is 3.11. The summed E-state index contributed by atoms with van der Waals surface area (Å²) in [6.07, 6.45) is 0. The first-order valence-corrected chi connectivity index (χ1v) is 7.40. The molecule has 2 rings (SSSR count). The van der Waals surface area contributed by atoms with Crippen LogP contribution in [0.4, 0.5) is 9.18 Å². The second-order valence-electron chi connectivity index (χ2n) is 5.06. The van der Waals surface area contributed by atoms with Crippen molar-refractivity contribution in [3.8, 4) is 0 Å². The summed E-state index contributed by atoms with van der Waals surface area (Å²) in [6.45, 7) is 1.86. The Labute approximate surface area is 131 Å². The van der Waals surface area contributed by atoms with Gasteiger partial charge in [0.25, 0.3) is 5.91 Å². The van der Waals surface area contributed by atoms with Crippen LogP contribution in [0.25, 0.3) is 0 Å². The van der Waals surface area contributed by atoms with Crippen molar-refractivity contribution in [2.45, 2.75) is 0 Å². The highest BCUT2D eigenvalue weighted by Crippen LogP contribution is 2.22. The lowest BCUT2D eigenvalue weighted by molar-refractivity contribution is 0.0649. The van der Waals surface area contributed by atoms with Crippen molar-refractivity contribution in [3.63, 3.8) is 0 Å². The fraction of sp³-hybridized carbons (Fsp3) is 0.429. The van der Waals surface area contributed by atoms with E-state index in [9.17, 15) is 14.0 Å². The second-order valence-corrected chi connectivity index (χ2v) is 5.85. The number of rotatable bonds is 1. The number of hydrogen-bond acceptors (Lipinski definition) is 2. The quantitative estimate of drug-likeness (QED) is 0.771. The minimum atomic E-state index is -0.456. The molecule has 7 heteroatoms. The van der Waals surface area contributed by atoms with Gasteiger partial charge in [0.1, 0.15) is 5.82 Å². The van der Waals surface area contributed by atoms with Gasteiger partial charge in [-0.2, -0.15) is 0 Å². The number of carbonyl (C=O) groups is 2. The Balaban J connectivity index is 2.04. The lowest BCUT2D eigenvalue weighted by Crippen LogP contribution is -2.52. The molecule has 1 heterocycles. The summed E-state index contributed by atoms with van der Waals surface area (Å²) in [5, 5.41) is 0. The number of nitrogens with zero attached hydrogens (tertiary/aromatic N) is 3. The van der Waals surface area contributed by atoms with Crippen LogP contribution in [0.3, 0.4) is 0 Å². The van der Waals surface area contributed by atoms with E-state index in [2.05, 4.69) is 15.9 Å². The van der Waals surface area contributed by atoms with Gasteiger partial charge in [-0.05, 0) is 28.1 Å². The Morgan fingerprint density at radius 1 is 1.14 bits per heavy atom. The summed E-state index contributed by atoms with van der Waals surface area (Å²) in [5.41, 5.74) is 0.308. The van der Waals surface area contributed by atoms with Crippen LogP contribution in [0.2, 0.25) is 0 Å². The minimum absolute atomic E-state index is 0.0611. The molecule has 0 aliphatic carbocycles. The van der Waals surface area contributed by atoms with Crippen LogP contribution < -0.4 is 0 Å². The predicted molar refractivity (Wildman–Crippen MR) is 80.7 cm³/mol. The summed E-state index contributed by atoms with van der Waals surface area (Å²) in [6, 6.07) is 4.34. The molecule has 5 nitrogen and oxygen atoms in total. The van der Waals surface area contributed by atoms with Gasteiger partial charge in [-0.1, -0.05) is 6.07 Å². The first-order valence-electron chi connectivity index (χ1n) is 6.61. The van der Waals surface area contributed by atoms with Crippen LogP contribution in [0, 0.1) is 5.82 Å². The number of hydrogen-bond donors (Lipinski definition) is 0. The van der Waals surface area contributed by atoms with Gasteiger partial charge in [-0.3, -0.25) is 4.79 Å². The van der Waals surface area contributed by atoms with Gasteiger partial charge in [0.15, 0.2) is 0 Å². The molecule has 0 atom stereocenters. The predicted octanol–water partition coefficient (Wildman–Crippen LogP) is 2.03. The standard InChI is InChI=1S/C14H17BrFN3O2/c1-17(2)14(21)19-8-6-18(7-9-19)13(20)10-4-3-5-11(16)12(10)15/h3-5H,6-9H2,1-2H3. The molecule has 0 N–H and O–H groups in total. The van der Waals surface area contributed by atoms with E-state index in [0.717, 1.165) is 0 Å². The second kappa shape index (κ2) is 6.43. The average Bonchev–Trinajstić information content (AvgIpc) is 2.48. The van der Waals surface area contributed by atoms with Crippen LogP contribution in [0.1, 0.15) is 10.4 Å². The topological polar surface area (TPSA) is 43.9 Å². The molecule has 0 saturated carbocycles. The Morgan fingerprint density at radius 3 is 2.29 bits per heavy atom. The SMILES string of the molecule is CN(C)C(=O)N1CCN(C(=O)c2cccc(F)c2Br)CC1. The molecule has 0 spiro atoms. The Bertz CT molecular complexity index is 557. The molecule has 3 amide bonds. The Morgan fingerprint density at radius 2 is 1.71 bits per heavy atom. The van der Waals surface area contributed by atoms with E-state index < -0.39 is 5.82 Å². The number of piperazine rings is 1. The highest BCUT2D eigenvalue weighted by molar-refractivity contribution is 9.10. The molecule has 1 fully saturated rings. The number of benzene rings is 1. The first kappa shape index (κ1) is 15.8. The van der Waals surface area contributed by atoms with Crippen LogP contribution in [-0.2, 0) is 0 Å². The highest BCUT2D eigenvalue weighted by Gasteiger charge is 2.26. The molecular formula is C14H17BrFN3O2. The van der Waals surface area contributed by atoms with Gasteiger partial charge in [0.2, 0.25) is 0 Å². The van der Waals surface area contributed by atoms with Gasteiger partial charge in [-0.15, -0.1) is 0 Å². The third kappa shape index (κ3) is 3.34. The minimum Gasteiger partial charge on any atom is -0.335 e. The van der Waals surface area contributed by atoms with Crippen LogP contribution in [0.5, 0.6) is 0 Å². The molecule has 1 aliphatic rings. The van der Waals surface area contributed by atoms with Crippen molar-refractivity contribution in [1.29, 1.82) is 0 Å². The zero-order chi connectivity index (χ0) is 15.6. The van der Waals surface area contributed by atoms with Gasteiger partial charge in [-0.25, -0.2) is 9.18 Å². The monoisotopic (exact) mass is 357 g/mol. The molecule has 21 heavy (non-hydrogen) atoms. The van der Waals surface area contributed by atoms with Crippen LogP contribution >= 0.6 is 15.9 Å². The molecule has 1 aromatic carbocycles. The third-order valence-electron chi connectivity index (χ3n) is 3.40. The lowest BCUT2D eigenvalue weighted by Gasteiger charge is -2.36. The largest absolute Gasteiger partial charge is 0.335 e. The number of amides is 3. The number of carbonyl (C=O) groups excluding carboxylic acids is 2. The van der Waals surface area contributed by atoms with E-state index in [1.165, 1.54) is 17.0 Å². The molecule has 1 aliphatic heterocycles. The molecule has 0 bridgehead atoms. The van der Waals surface area contributed by atoms with E-state index in [0.29, 0.717) is 31.7 Å². The molecular weight excluding hydrogens is 341 g/mol. The van der Waals surface area contributed by atoms with Crippen molar-refractivity contribution in [1.82, 2.24) is 14.7 Å². The zero-order valence-electron chi connectivity index (χ0n) is 12.0. The molecule has 0 radical (unpaired) electrons. The number of urea groups is 1. The smallest absolute Gasteiger partial charge is 0.319 e. The van der Waals surface area contributed by atoms with E-state index in [1.807, 2.05) is 0 Å². The molecule has 114 valence electrons. The van der Waals surface area contributed by atoms with Crippen LogP contribution in [0.15, 0.2) is 22.7 Å². The summed E-state index contributed by atoms with van der Waals surface area (Å²) in [5.74, 6) is -0.680. The zero-order valence-corrected chi connectivity index (χ0v) is 13.6. The first-order chi connectivity index (χ1) is 9.91. The van der Waals surface area contributed by atoms with Crippen molar-refractivity contribution >= 4 is 27.9 Å². The van der Waals surface area contributed by atoms with Gasteiger partial charge in [0.05, 0.1) is 10.0 Å². The maximum Gasteiger partial charge on any atom is 0.319 e. The normalized spacial score (nSPS) is 15.0. The van der Waals surface area contributed by atoms with Crippen molar-refractivity contribution < 1.29 is 14.0 Å². The summed E-state index contributed by atoms with van der Waals surface area (Å²) < 4.78 is 13.7. The van der Waals surface area contributed by atoms with Crippen LogP contribution in [-0.4, -0.2) is 66.9 Å². The Kier molecular flexibility index (Phi) is 4.82. The van der Waals surface area contributed by atoms with Crippen molar-refractivity contribution in [3.05, 3.63) is 34.1 Å². The average molecular weight is 358 g/mol. The van der Waals surface area contributed by atoms with E-state index in [-0.39, 0.29) is 16.4 Å². The fourth-order valence-corrected chi connectivity index (χ4v) is 2.66. The third-order valence-corrected chi connectivity index (χ3v) is 4.21. The highest BCUT2D eigenvalue weighted by atomic mass is 79.9. The lowest BCUT2D eigenvalue weighted by atomic mass is 10.1.